The van der Waals surface area contributed by atoms with Crippen LogP contribution in [0.2, 0.25) is 0 Å². The first-order valence-corrected chi connectivity index (χ1v) is 5.07. The number of nitrogens with zero attached hydrogens (tertiary/aromatic N) is 1. The van der Waals surface area contributed by atoms with Crippen LogP contribution in [0, 0.1) is 0 Å². The summed E-state index contributed by atoms with van der Waals surface area (Å²) in [6.07, 6.45) is 1.78. The summed E-state index contributed by atoms with van der Waals surface area (Å²) in [6.45, 7) is 0. The minimum atomic E-state index is -0.722. The van der Waals surface area contributed by atoms with E-state index in [2.05, 4.69) is 24.3 Å². The zero-order valence-electron chi connectivity index (χ0n) is 9.23. The van der Waals surface area contributed by atoms with Crippen molar-refractivity contribution in [1.82, 2.24) is 0 Å². The highest BCUT2D eigenvalue weighted by molar-refractivity contribution is 5.66. The molecule has 15 heavy (non-hydrogen) atoms. The van der Waals surface area contributed by atoms with E-state index in [1.165, 1.54) is 5.56 Å². The van der Waals surface area contributed by atoms with Gasteiger partial charge in [-0.2, -0.15) is 0 Å². The molecule has 0 saturated carbocycles. The van der Waals surface area contributed by atoms with Gasteiger partial charge in [0.25, 0.3) is 0 Å². The van der Waals surface area contributed by atoms with E-state index >= 15 is 0 Å². The Labute approximate surface area is 90.3 Å². The van der Waals surface area contributed by atoms with E-state index in [4.69, 9.17) is 5.11 Å². The Kier molecular flexibility index (Phi) is 4.16. The highest BCUT2D eigenvalue weighted by Gasteiger charge is 1.99. The van der Waals surface area contributed by atoms with Crippen molar-refractivity contribution in [1.29, 1.82) is 0 Å². The van der Waals surface area contributed by atoms with Crippen LogP contribution in [0.4, 0.5) is 5.69 Å². The molecule has 0 fully saturated rings. The summed E-state index contributed by atoms with van der Waals surface area (Å²) in [7, 11) is 4.00. The van der Waals surface area contributed by atoms with Gasteiger partial charge in [0.05, 0.1) is 0 Å². The Morgan fingerprint density at radius 1 is 1.27 bits per heavy atom. The first-order chi connectivity index (χ1) is 7.09. The Hall–Kier alpha value is -1.51. The predicted molar refractivity (Wildman–Crippen MR) is 61.3 cm³/mol. The normalized spacial score (nSPS) is 10.0. The van der Waals surface area contributed by atoms with Crippen LogP contribution in [-0.4, -0.2) is 25.2 Å². The number of anilines is 1. The van der Waals surface area contributed by atoms with Crippen LogP contribution >= 0.6 is 0 Å². The second-order valence-electron chi connectivity index (χ2n) is 3.81. The van der Waals surface area contributed by atoms with E-state index < -0.39 is 5.97 Å². The molecule has 3 nitrogen and oxygen atoms in total. The summed E-state index contributed by atoms with van der Waals surface area (Å²) >= 11 is 0. The Bertz CT molecular complexity index is 317. The van der Waals surface area contributed by atoms with Gasteiger partial charge in [-0.3, -0.25) is 4.79 Å². The van der Waals surface area contributed by atoms with Gasteiger partial charge < -0.3 is 10.0 Å². The lowest BCUT2D eigenvalue weighted by Crippen LogP contribution is -2.08. The molecule has 1 N–H and O–H groups in total. The van der Waals surface area contributed by atoms with Gasteiger partial charge in [0, 0.05) is 26.2 Å². The molecule has 1 aromatic rings. The molecule has 0 aliphatic carbocycles. The average Bonchev–Trinajstić information content (AvgIpc) is 2.18. The molecule has 1 aromatic carbocycles. The van der Waals surface area contributed by atoms with Gasteiger partial charge in [-0.1, -0.05) is 12.1 Å². The fraction of sp³-hybridized carbons (Fsp3) is 0.417. The summed E-state index contributed by atoms with van der Waals surface area (Å²) < 4.78 is 0. The van der Waals surface area contributed by atoms with Crippen molar-refractivity contribution in [3.8, 4) is 0 Å². The molecule has 0 heterocycles. The topological polar surface area (TPSA) is 40.5 Å². The zero-order valence-corrected chi connectivity index (χ0v) is 9.23. The van der Waals surface area contributed by atoms with Gasteiger partial charge in [0.1, 0.15) is 0 Å². The lowest BCUT2D eigenvalue weighted by molar-refractivity contribution is -0.137. The molecule has 0 aliphatic heterocycles. The van der Waals surface area contributed by atoms with Crippen molar-refractivity contribution in [2.75, 3.05) is 19.0 Å². The van der Waals surface area contributed by atoms with E-state index in [-0.39, 0.29) is 6.42 Å². The summed E-state index contributed by atoms with van der Waals surface area (Å²) in [5.74, 6) is -0.722. The maximum Gasteiger partial charge on any atom is 0.303 e. The first-order valence-electron chi connectivity index (χ1n) is 5.07. The third kappa shape index (κ3) is 4.02. The molecule has 0 unspecified atom stereocenters. The lowest BCUT2D eigenvalue weighted by Gasteiger charge is -2.12. The molecule has 0 atom stereocenters. The van der Waals surface area contributed by atoms with Crippen molar-refractivity contribution in [2.24, 2.45) is 0 Å². The molecule has 3 heteroatoms. The van der Waals surface area contributed by atoms with Crippen LogP contribution in [0.25, 0.3) is 0 Å². The van der Waals surface area contributed by atoms with E-state index in [0.29, 0.717) is 6.42 Å². The van der Waals surface area contributed by atoms with E-state index in [0.717, 1.165) is 12.1 Å². The standard InChI is InChI=1S/C12H17NO2/c1-13(2)11-8-6-10(7-9-11)4-3-5-12(14)15/h6-9H,3-5H2,1-2H3,(H,14,15). The summed E-state index contributed by atoms with van der Waals surface area (Å²) in [5.41, 5.74) is 2.36. The van der Waals surface area contributed by atoms with Crippen LogP contribution < -0.4 is 4.90 Å². The Morgan fingerprint density at radius 3 is 2.33 bits per heavy atom. The van der Waals surface area contributed by atoms with Gasteiger partial charge in [0.2, 0.25) is 0 Å². The first kappa shape index (κ1) is 11.6. The molecule has 0 amide bonds. The molecule has 0 radical (unpaired) electrons. The highest BCUT2D eigenvalue weighted by Crippen LogP contribution is 2.13. The SMILES string of the molecule is CN(C)c1ccc(CCCC(=O)O)cc1. The number of aliphatic carboxylic acids is 1. The molecule has 0 bridgehead atoms. The number of aryl methyl sites for hydroxylation is 1. The zero-order chi connectivity index (χ0) is 11.3. The van der Waals surface area contributed by atoms with Gasteiger partial charge in [0.15, 0.2) is 0 Å². The van der Waals surface area contributed by atoms with Crippen LogP contribution in [0.3, 0.4) is 0 Å². The largest absolute Gasteiger partial charge is 0.481 e. The fourth-order valence-electron chi connectivity index (χ4n) is 1.40. The summed E-state index contributed by atoms with van der Waals surface area (Å²) in [5, 5.41) is 8.50. The van der Waals surface area contributed by atoms with Crippen molar-refractivity contribution in [3.05, 3.63) is 29.8 Å². The molecule has 0 spiro atoms. The van der Waals surface area contributed by atoms with Crippen molar-refractivity contribution >= 4 is 11.7 Å². The van der Waals surface area contributed by atoms with Crippen molar-refractivity contribution in [3.63, 3.8) is 0 Å². The van der Waals surface area contributed by atoms with Crippen LogP contribution in [0.1, 0.15) is 18.4 Å². The number of carboxylic acid groups (broad SMARTS) is 1. The summed E-state index contributed by atoms with van der Waals surface area (Å²) in [4.78, 5) is 12.4. The average molecular weight is 207 g/mol. The highest BCUT2D eigenvalue weighted by atomic mass is 16.4. The smallest absolute Gasteiger partial charge is 0.303 e. The van der Waals surface area contributed by atoms with Gasteiger partial charge in [-0.15, -0.1) is 0 Å². The molecule has 82 valence electrons. The number of hydrogen-bond acceptors (Lipinski definition) is 2. The monoisotopic (exact) mass is 207 g/mol. The quantitative estimate of drug-likeness (QED) is 0.804. The van der Waals surface area contributed by atoms with Gasteiger partial charge >= 0.3 is 5.97 Å². The molecular weight excluding hydrogens is 190 g/mol. The van der Waals surface area contributed by atoms with Crippen molar-refractivity contribution < 1.29 is 9.90 Å². The minimum Gasteiger partial charge on any atom is -0.481 e. The molecular formula is C12H17NO2. The summed E-state index contributed by atoms with van der Waals surface area (Å²) in [6, 6.07) is 8.21. The number of benzene rings is 1. The number of hydrogen-bond donors (Lipinski definition) is 1. The third-order valence-electron chi connectivity index (χ3n) is 2.31. The van der Waals surface area contributed by atoms with Crippen LogP contribution in [-0.2, 0) is 11.2 Å². The molecule has 0 aromatic heterocycles. The minimum absolute atomic E-state index is 0.245. The second-order valence-corrected chi connectivity index (χ2v) is 3.81. The van der Waals surface area contributed by atoms with E-state index in [1.807, 2.05) is 19.0 Å². The van der Waals surface area contributed by atoms with Crippen LogP contribution in [0.5, 0.6) is 0 Å². The molecule has 0 saturated heterocycles. The molecule has 0 aliphatic rings. The lowest BCUT2D eigenvalue weighted by atomic mass is 10.1. The van der Waals surface area contributed by atoms with E-state index in [1.54, 1.807) is 0 Å². The Balaban J connectivity index is 2.46. The van der Waals surface area contributed by atoms with E-state index in [9.17, 15) is 4.79 Å². The van der Waals surface area contributed by atoms with Crippen LogP contribution in [0.15, 0.2) is 24.3 Å². The van der Waals surface area contributed by atoms with Gasteiger partial charge in [-0.25, -0.2) is 0 Å². The molecule has 1 rings (SSSR count). The Morgan fingerprint density at radius 2 is 1.87 bits per heavy atom. The van der Waals surface area contributed by atoms with Gasteiger partial charge in [-0.05, 0) is 30.5 Å². The number of carbonyl (C=O) groups is 1. The maximum absolute atomic E-state index is 10.3. The predicted octanol–water partition coefficient (Wildman–Crippen LogP) is 2.16. The fourth-order valence-corrected chi connectivity index (χ4v) is 1.40. The number of carboxylic acids is 1. The van der Waals surface area contributed by atoms with Crippen molar-refractivity contribution in [2.45, 2.75) is 19.3 Å². The number of rotatable bonds is 5. The third-order valence-corrected chi connectivity index (χ3v) is 2.31. The maximum atomic E-state index is 10.3. The second kappa shape index (κ2) is 5.39.